The Kier molecular flexibility index (Phi) is 4.54. The molecule has 0 aliphatic carbocycles. The van der Waals surface area contributed by atoms with Crippen LogP contribution in [-0.4, -0.2) is 52.3 Å². The molecule has 0 bridgehead atoms. The van der Waals surface area contributed by atoms with Crippen molar-refractivity contribution in [3.05, 3.63) is 0 Å². The van der Waals surface area contributed by atoms with E-state index >= 15 is 0 Å². The topological polar surface area (TPSA) is 46.6 Å². The Labute approximate surface area is 87.1 Å². The van der Waals surface area contributed by atoms with Gasteiger partial charge in [-0.3, -0.25) is 13.9 Å². The van der Waals surface area contributed by atoms with Crippen molar-refractivity contribution in [1.82, 2.24) is 4.90 Å². The van der Waals surface area contributed by atoms with E-state index in [2.05, 4.69) is 0 Å². The number of rotatable bonds is 3. The van der Waals surface area contributed by atoms with Crippen molar-refractivity contribution in [1.29, 1.82) is 0 Å². The molecule has 1 saturated heterocycles. The lowest BCUT2D eigenvalue weighted by Crippen LogP contribution is -2.47. The third kappa shape index (κ3) is 3.06. The molecule has 1 aliphatic heterocycles. The molecule has 0 amide bonds. The van der Waals surface area contributed by atoms with Crippen molar-refractivity contribution in [2.24, 2.45) is 0 Å². The zero-order valence-electron chi connectivity index (χ0n) is 8.69. The summed E-state index contributed by atoms with van der Waals surface area (Å²) in [6.07, 6.45) is 0. The van der Waals surface area contributed by atoms with E-state index < -0.39 is 10.8 Å². The molecule has 1 rings (SSSR count). The van der Waals surface area contributed by atoms with Gasteiger partial charge in [-0.25, -0.2) is 0 Å². The van der Waals surface area contributed by atoms with E-state index in [0.29, 0.717) is 18.1 Å². The molecule has 82 valence electrons. The molecule has 0 aromatic rings. The van der Waals surface area contributed by atoms with Gasteiger partial charge in [-0.15, -0.1) is 0 Å². The fourth-order valence-electron chi connectivity index (χ4n) is 1.45. The summed E-state index contributed by atoms with van der Waals surface area (Å²) >= 11 is 0. The highest BCUT2D eigenvalue weighted by Crippen LogP contribution is 2.06. The van der Waals surface area contributed by atoms with Crippen LogP contribution in [0.4, 0.5) is 0 Å². The number of hydrogen-bond donors (Lipinski definition) is 0. The van der Waals surface area contributed by atoms with Crippen LogP contribution in [0.5, 0.6) is 0 Å². The van der Waals surface area contributed by atoms with Gasteiger partial charge >= 0.3 is 5.97 Å². The van der Waals surface area contributed by atoms with E-state index in [-0.39, 0.29) is 12.0 Å². The second-order valence-corrected chi connectivity index (χ2v) is 5.01. The van der Waals surface area contributed by atoms with Crippen LogP contribution in [0.25, 0.3) is 0 Å². The molecule has 1 heterocycles. The Morgan fingerprint density at radius 1 is 1.50 bits per heavy atom. The fraction of sp³-hybridized carbons (Fsp3) is 0.889. The van der Waals surface area contributed by atoms with Crippen LogP contribution in [0.2, 0.25) is 0 Å². The maximum absolute atomic E-state index is 11.4. The SMILES string of the molecule is CCOC(=O)C(C)N1CCS(=O)CC1. The van der Waals surface area contributed by atoms with E-state index in [9.17, 15) is 9.00 Å². The molecule has 0 radical (unpaired) electrons. The highest BCUT2D eigenvalue weighted by molar-refractivity contribution is 7.85. The number of carbonyl (C=O) groups is 1. The maximum atomic E-state index is 11.4. The molecule has 0 aromatic carbocycles. The molecule has 0 aromatic heterocycles. The van der Waals surface area contributed by atoms with Crippen LogP contribution >= 0.6 is 0 Å². The Bertz CT molecular complexity index is 222. The van der Waals surface area contributed by atoms with Crippen molar-refractivity contribution < 1.29 is 13.7 Å². The molecule has 1 aliphatic rings. The lowest BCUT2D eigenvalue weighted by Gasteiger charge is -2.30. The molecular formula is C9H17NO3S. The number of esters is 1. The van der Waals surface area contributed by atoms with Crippen LogP contribution < -0.4 is 0 Å². The van der Waals surface area contributed by atoms with Crippen LogP contribution in [0.3, 0.4) is 0 Å². The summed E-state index contributed by atoms with van der Waals surface area (Å²) < 4.78 is 16.0. The van der Waals surface area contributed by atoms with E-state index in [4.69, 9.17) is 4.74 Å². The standard InChI is InChI=1S/C9H17NO3S/c1-3-13-9(11)8(2)10-4-6-14(12)7-5-10/h8H,3-7H2,1-2H3. The van der Waals surface area contributed by atoms with Crippen molar-refractivity contribution >= 4 is 16.8 Å². The van der Waals surface area contributed by atoms with Gasteiger partial charge in [0.2, 0.25) is 0 Å². The molecule has 0 spiro atoms. The second kappa shape index (κ2) is 5.46. The van der Waals surface area contributed by atoms with Gasteiger partial charge in [0.25, 0.3) is 0 Å². The minimum absolute atomic E-state index is 0.180. The predicted molar refractivity (Wildman–Crippen MR) is 55.5 cm³/mol. The summed E-state index contributed by atoms with van der Waals surface area (Å²) in [5.41, 5.74) is 0. The third-order valence-electron chi connectivity index (χ3n) is 2.39. The number of nitrogens with zero attached hydrogens (tertiary/aromatic N) is 1. The summed E-state index contributed by atoms with van der Waals surface area (Å²) in [5.74, 6) is 1.16. The van der Waals surface area contributed by atoms with Gasteiger partial charge in [0.1, 0.15) is 6.04 Å². The molecule has 14 heavy (non-hydrogen) atoms. The first-order valence-electron chi connectivity index (χ1n) is 4.90. The average molecular weight is 219 g/mol. The number of ether oxygens (including phenoxy) is 1. The van der Waals surface area contributed by atoms with Crippen LogP contribution in [0, 0.1) is 0 Å². The molecule has 0 N–H and O–H groups in total. The van der Waals surface area contributed by atoms with Crippen LogP contribution in [0.15, 0.2) is 0 Å². The van der Waals surface area contributed by atoms with Crippen LogP contribution in [-0.2, 0) is 20.3 Å². The largest absolute Gasteiger partial charge is 0.465 e. The summed E-state index contributed by atoms with van der Waals surface area (Å²) in [6, 6.07) is -0.202. The molecule has 1 fully saturated rings. The van der Waals surface area contributed by atoms with Crippen LogP contribution in [0.1, 0.15) is 13.8 Å². The van der Waals surface area contributed by atoms with Gasteiger partial charge in [-0.05, 0) is 13.8 Å². The third-order valence-corrected chi connectivity index (χ3v) is 3.66. The highest BCUT2D eigenvalue weighted by Gasteiger charge is 2.25. The number of carbonyl (C=O) groups excluding carboxylic acids is 1. The lowest BCUT2D eigenvalue weighted by molar-refractivity contribution is -0.148. The van der Waals surface area contributed by atoms with Crippen molar-refractivity contribution in [2.75, 3.05) is 31.2 Å². The first-order chi connectivity index (χ1) is 6.65. The molecule has 5 heteroatoms. The van der Waals surface area contributed by atoms with Crippen molar-refractivity contribution in [3.63, 3.8) is 0 Å². The second-order valence-electron chi connectivity index (χ2n) is 3.31. The molecule has 4 nitrogen and oxygen atoms in total. The highest BCUT2D eigenvalue weighted by atomic mass is 32.2. The van der Waals surface area contributed by atoms with E-state index in [1.165, 1.54) is 0 Å². The Morgan fingerprint density at radius 3 is 2.57 bits per heavy atom. The van der Waals surface area contributed by atoms with E-state index in [1.54, 1.807) is 6.92 Å². The summed E-state index contributed by atoms with van der Waals surface area (Å²) in [4.78, 5) is 13.4. The van der Waals surface area contributed by atoms with Gasteiger partial charge in [-0.1, -0.05) is 0 Å². The minimum atomic E-state index is -0.688. The van der Waals surface area contributed by atoms with Crippen molar-refractivity contribution in [2.45, 2.75) is 19.9 Å². The first kappa shape index (κ1) is 11.7. The Balaban J connectivity index is 2.40. The van der Waals surface area contributed by atoms with Crippen molar-refractivity contribution in [3.8, 4) is 0 Å². The average Bonchev–Trinajstić information content (AvgIpc) is 2.18. The zero-order chi connectivity index (χ0) is 10.6. The summed E-state index contributed by atoms with van der Waals surface area (Å²) in [6.45, 7) is 5.52. The molecular weight excluding hydrogens is 202 g/mol. The molecule has 1 atom stereocenters. The summed E-state index contributed by atoms with van der Waals surface area (Å²) in [7, 11) is -0.688. The fourth-order valence-corrected chi connectivity index (χ4v) is 2.53. The molecule has 0 saturated carbocycles. The van der Waals surface area contributed by atoms with Gasteiger partial charge in [0.15, 0.2) is 0 Å². The predicted octanol–water partition coefficient (Wildman–Crippen LogP) is 0.00230. The van der Waals surface area contributed by atoms with Gasteiger partial charge in [-0.2, -0.15) is 0 Å². The minimum Gasteiger partial charge on any atom is -0.465 e. The van der Waals surface area contributed by atoms with Gasteiger partial charge in [0.05, 0.1) is 6.61 Å². The van der Waals surface area contributed by atoms with E-state index in [0.717, 1.165) is 13.1 Å². The normalized spacial score (nSPS) is 21.9. The monoisotopic (exact) mass is 219 g/mol. The quantitative estimate of drug-likeness (QED) is 0.627. The smallest absolute Gasteiger partial charge is 0.323 e. The first-order valence-corrected chi connectivity index (χ1v) is 6.39. The van der Waals surface area contributed by atoms with Gasteiger partial charge < -0.3 is 4.74 Å². The van der Waals surface area contributed by atoms with E-state index in [1.807, 2.05) is 11.8 Å². The Morgan fingerprint density at radius 2 is 2.07 bits per heavy atom. The number of hydrogen-bond acceptors (Lipinski definition) is 4. The molecule has 1 unspecified atom stereocenters. The Hall–Kier alpha value is -0.420. The zero-order valence-corrected chi connectivity index (χ0v) is 9.51. The van der Waals surface area contributed by atoms with Gasteiger partial charge in [0, 0.05) is 35.4 Å². The lowest BCUT2D eigenvalue weighted by atomic mass is 10.3. The summed E-state index contributed by atoms with van der Waals surface area (Å²) in [5, 5.41) is 0. The maximum Gasteiger partial charge on any atom is 0.323 e.